The zero-order valence-electron chi connectivity index (χ0n) is 15.5. The lowest BCUT2D eigenvalue weighted by Gasteiger charge is -2.34. The van der Waals surface area contributed by atoms with E-state index in [2.05, 4.69) is 22.0 Å². The molecule has 5 heteroatoms. The second-order valence-corrected chi connectivity index (χ2v) is 7.04. The molecule has 3 aromatic carbocycles. The lowest BCUT2D eigenvalue weighted by atomic mass is 9.92. The molecule has 2 atom stereocenters. The molecule has 1 aliphatic heterocycles. The Morgan fingerprint density at radius 3 is 2.57 bits per heavy atom. The normalized spacial score (nSPS) is 18.5. The molecule has 5 rings (SSSR count). The van der Waals surface area contributed by atoms with Crippen LogP contribution in [0.1, 0.15) is 29.6 Å². The van der Waals surface area contributed by atoms with E-state index in [-0.39, 0.29) is 17.9 Å². The number of nitrogens with one attached hydrogen (secondary N) is 1. The summed E-state index contributed by atoms with van der Waals surface area (Å²) in [5, 5.41) is 3.55. The predicted molar refractivity (Wildman–Crippen MR) is 108 cm³/mol. The fraction of sp³-hybridized carbons (Fsp3) is 0.174. The number of ether oxygens (including phenoxy) is 1. The number of para-hydroxylation sites is 3. The topological polar surface area (TPSA) is 39.1 Å². The van der Waals surface area contributed by atoms with Crippen molar-refractivity contribution >= 4 is 17.0 Å². The van der Waals surface area contributed by atoms with Gasteiger partial charge in [-0.25, -0.2) is 9.37 Å². The van der Waals surface area contributed by atoms with E-state index in [0.29, 0.717) is 0 Å². The van der Waals surface area contributed by atoms with Crippen molar-refractivity contribution in [3.05, 3.63) is 89.7 Å². The molecule has 28 heavy (non-hydrogen) atoms. The quantitative estimate of drug-likeness (QED) is 0.527. The number of anilines is 1. The van der Waals surface area contributed by atoms with Gasteiger partial charge in [0, 0.05) is 5.56 Å². The van der Waals surface area contributed by atoms with Crippen molar-refractivity contribution in [2.24, 2.45) is 0 Å². The minimum absolute atomic E-state index is 0.0276. The number of imidazole rings is 1. The summed E-state index contributed by atoms with van der Waals surface area (Å²) in [5.74, 6) is 1.45. The van der Waals surface area contributed by atoms with Crippen molar-refractivity contribution in [3.8, 4) is 5.75 Å². The van der Waals surface area contributed by atoms with Crippen LogP contribution in [-0.2, 0) is 0 Å². The first kappa shape index (κ1) is 16.8. The molecule has 0 unspecified atom stereocenters. The van der Waals surface area contributed by atoms with Crippen molar-refractivity contribution in [2.75, 3.05) is 12.4 Å². The van der Waals surface area contributed by atoms with Gasteiger partial charge in [0.15, 0.2) is 0 Å². The Balaban J connectivity index is 1.68. The lowest BCUT2D eigenvalue weighted by Crippen LogP contribution is -2.27. The van der Waals surface area contributed by atoms with Crippen LogP contribution in [0, 0.1) is 5.82 Å². The molecule has 4 aromatic rings. The summed E-state index contributed by atoms with van der Waals surface area (Å²) >= 11 is 0. The molecule has 0 bridgehead atoms. The van der Waals surface area contributed by atoms with Crippen molar-refractivity contribution in [1.82, 2.24) is 9.55 Å². The molecule has 0 amide bonds. The Bertz CT molecular complexity index is 1140. The molecule has 0 fully saturated rings. The van der Waals surface area contributed by atoms with Gasteiger partial charge in [0.05, 0.1) is 30.2 Å². The molecule has 4 nitrogen and oxygen atoms in total. The number of benzene rings is 3. The zero-order chi connectivity index (χ0) is 19.1. The van der Waals surface area contributed by atoms with Crippen LogP contribution in [0.2, 0.25) is 0 Å². The molecule has 140 valence electrons. The molecule has 2 heterocycles. The lowest BCUT2D eigenvalue weighted by molar-refractivity contribution is 0.392. The van der Waals surface area contributed by atoms with Crippen molar-refractivity contribution in [2.45, 2.75) is 18.5 Å². The van der Waals surface area contributed by atoms with Gasteiger partial charge in [-0.2, -0.15) is 0 Å². The van der Waals surface area contributed by atoms with Gasteiger partial charge in [0.25, 0.3) is 0 Å². The van der Waals surface area contributed by atoms with Gasteiger partial charge in [-0.15, -0.1) is 0 Å². The minimum atomic E-state index is -0.229. The molecule has 1 aliphatic rings. The Hall–Kier alpha value is -3.34. The van der Waals surface area contributed by atoms with Gasteiger partial charge in [-0.05, 0) is 42.3 Å². The van der Waals surface area contributed by atoms with Crippen molar-refractivity contribution in [3.63, 3.8) is 0 Å². The van der Waals surface area contributed by atoms with E-state index < -0.39 is 0 Å². The van der Waals surface area contributed by atoms with Crippen LogP contribution in [0.25, 0.3) is 11.0 Å². The van der Waals surface area contributed by atoms with E-state index in [1.165, 1.54) is 12.1 Å². The van der Waals surface area contributed by atoms with Crippen LogP contribution in [0.4, 0.5) is 10.3 Å². The van der Waals surface area contributed by atoms with Gasteiger partial charge < -0.3 is 14.6 Å². The van der Waals surface area contributed by atoms with Crippen molar-refractivity contribution < 1.29 is 9.13 Å². The number of rotatable bonds is 3. The minimum Gasteiger partial charge on any atom is -0.496 e. The van der Waals surface area contributed by atoms with Crippen LogP contribution in [0.15, 0.2) is 72.8 Å². The van der Waals surface area contributed by atoms with Crippen LogP contribution < -0.4 is 10.1 Å². The standard InChI is InChI=1S/C23H20FN3O/c1-28-22-9-5-2-6-17(22)21-14-19(15-10-12-16(24)13-11-15)26-23-25-18-7-3-4-8-20(18)27(21)23/h2-13,19,21H,14H2,1H3,(H,25,26)/t19-,21+/m1/s1. The Morgan fingerprint density at radius 2 is 1.75 bits per heavy atom. The summed E-state index contributed by atoms with van der Waals surface area (Å²) in [4.78, 5) is 4.81. The van der Waals surface area contributed by atoms with E-state index >= 15 is 0 Å². The maximum absolute atomic E-state index is 13.4. The second-order valence-electron chi connectivity index (χ2n) is 7.04. The maximum atomic E-state index is 13.4. The highest BCUT2D eigenvalue weighted by atomic mass is 19.1. The molecular formula is C23H20FN3O. The summed E-state index contributed by atoms with van der Waals surface area (Å²) < 4.78 is 21.3. The molecule has 0 aliphatic carbocycles. The highest BCUT2D eigenvalue weighted by Crippen LogP contribution is 2.43. The van der Waals surface area contributed by atoms with E-state index in [1.54, 1.807) is 7.11 Å². The van der Waals surface area contributed by atoms with Gasteiger partial charge in [0.2, 0.25) is 5.95 Å². The number of aromatic nitrogens is 2. The van der Waals surface area contributed by atoms with E-state index in [0.717, 1.165) is 40.3 Å². The van der Waals surface area contributed by atoms with E-state index in [9.17, 15) is 4.39 Å². The van der Waals surface area contributed by atoms with Crippen LogP contribution in [0.5, 0.6) is 5.75 Å². The molecule has 0 spiro atoms. The fourth-order valence-corrected chi connectivity index (χ4v) is 4.13. The van der Waals surface area contributed by atoms with Crippen LogP contribution >= 0.6 is 0 Å². The van der Waals surface area contributed by atoms with E-state index in [4.69, 9.17) is 9.72 Å². The number of halogens is 1. The largest absolute Gasteiger partial charge is 0.496 e. The molecule has 1 aromatic heterocycles. The molecule has 0 saturated heterocycles. The fourth-order valence-electron chi connectivity index (χ4n) is 4.13. The van der Waals surface area contributed by atoms with Gasteiger partial charge in [0.1, 0.15) is 11.6 Å². The summed E-state index contributed by atoms with van der Waals surface area (Å²) in [6.45, 7) is 0. The summed E-state index contributed by atoms with van der Waals surface area (Å²) in [6, 6.07) is 23.0. The molecule has 1 N–H and O–H groups in total. The van der Waals surface area contributed by atoms with Gasteiger partial charge in [-0.3, -0.25) is 0 Å². The average molecular weight is 373 g/mol. The maximum Gasteiger partial charge on any atom is 0.204 e. The molecular weight excluding hydrogens is 353 g/mol. The highest BCUT2D eigenvalue weighted by Gasteiger charge is 2.32. The highest BCUT2D eigenvalue weighted by molar-refractivity contribution is 5.79. The third-order valence-electron chi connectivity index (χ3n) is 5.44. The number of hydrogen-bond donors (Lipinski definition) is 1. The summed E-state index contributed by atoms with van der Waals surface area (Å²) in [5.41, 5.74) is 4.19. The number of hydrogen-bond acceptors (Lipinski definition) is 3. The first-order valence-electron chi connectivity index (χ1n) is 9.36. The van der Waals surface area contributed by atoms with Crippen molar-refractivity contribution in [1.29, 1.82) is 0 Å². The average Bonchev–Trinajstić information content (AvgIpc) is 3.12. The third kappa shape index (κ3) is 2.71. The predicted octanol–water partition coefficient (Wildman–Crippen LogP) is 5.33. The van der Waals surface area contributed by atoms with E-state index in [1.807, 2.05) is 48.5 Å². The smallest absolute Gasteiger partial charge is 0.204 e. The van der Waals surface area contributed by atoms with Crippen LogP contribution in [-0.4, -0.2) is 16.7 Å². The Kier molecular flexibility index (Phi) is 4.01. The van der Waals surface area contributed by atoms with Gasteiger partial charge >= 0.3 is 0 Å². The number of methoxy groups -OCH3 is 1. The Labute approximate surface area is 162 Å². The number of fused-ring (bicyclic) bond motifs is 3. The second kappa shape index (κ2) is 6.68. The van der Waals surface area contributed by atoms with Gasteiger partial charge in [-0.1, -0.05) is 42.5 Å². The third-order valence-corrected chi connectivity index (χ3v) is 5.44. The molecule has 0 saturated carbocycles. The first-order valence-corrected chi connectivity index (χ1v) is 9.36. The zero-order valence-corrected chi connectivity index (χ0v) is 15.5. The first-order chi connectivity index (χ1) is 13.7. The summed E-state index contributed by atoms with van der Waals surface area (Å²) in [7, 11) is 1.70. The SMILES string of the molecule is COc1ccccc1[C@@H]1C[C@H](c2ccc(F)cc2)Nc2nc3ccccc3n21. The Morgan fingerprint density at radius 1 is 1.00 bits per heavy atom. The number of nitrogens with zero attached hydrogens (tertiary/aromatic N) is 2. The monoisotopic (exact) mass is 373 g/mol. The summed E-state index contributed by atoms with van der Waals surface area (Å²) in [6.07, 6.45) is 0.805. The molecule has 0 radical (unpaired) electrons. The van der Waals surface area contributed by atoms with Crippen LogP contribution in [0.3, 0.4) is 0 Å².